The fourth-order valence-electron chi connectivity index (χ4n) is 12.1. The molecule has 15 N–H and O–H groups in total. The number of rotatable bonds is 15. The maximum absolute atomic E-state index is 13.0. The summed E-state index contributed by atoms with van der Waals surface area (Å²) in [6.45, 7) is 41.9. The standard InChI is InChI=1S/C23H32N4O3S.C13H15NS.C12H14N2S.C12H21NO4.C9H11Br.C8H10BrN.C7H14O2.C6H11NO3.C4H5NS.3ClH/c1-13(15-6-8-16(9-7-15)19-14(2)25-12-31-19)26-21(29)18-10-17(28)11-27(18)22(30)20(24)23(3,4)5;1-9-7-8-15-13(9)12-5-3-11(4-6-12)10(2)14;1-8(13)10-3-5-11(6-4-10)12-9(2)14-7-15-12;1-7(12(2,3)4)10(15)13-6-8(14)5-9(13)11(16)17;1-7(2)8-3-5-9(10)6-4-8;1-6(10)7-2-4-8(9)5-3-7;1-5(6(8)9)7(2,3)4;1-10-6(9)5-2-4(8)3-7-5;1-4-2-6-3-5-4;;;/h6-9,12-13,17-18,20,28H,10-11,24H2,1-5H3,(H,26,29);3-8,10H,14H2,1-2H3;3-8H,13H2,1-2H3;7-9,14H,5-6H2,1-4H3,(H,16,17);3-7H,1-2H3;2-6H,10H2,1H3;5H,1-4H3,(H,8,9);4-5,7-8H,2-3H2,1H3;2-3H,1H3;3*1H/t13-,17+,18-,20+;10-;8-;7-,8-,9+;;6-;5-;4-,5+;;;;/m0001.011..../s1. The van der Waals surface area contributed by atoms with Crippen LogP contribution in [-0.2, 0) is 33.5 Å². The second-order valence-corrected chi connectivity index (χ2v) is 39.9. The smallest absolute Gasteiger partial charge is 0.326 e. The minimum absolute atomic E-state index is 0. The molecule has 0 bridgehead atoms. The van der Waals surface area contributed by atoms with Crippen LogP contribution in [0.25, 0.3) is 31.3 Å². The van der Waals surface area contributed by atoms with Crippen molar-refractivity contribution in [3.63, 3.8) is 0 Å². The number of β-amino-alcohol motifs (C(OH)–C–C–N with tert-alkyl or cyclic N) is 3. The van der Waals surface area contributed by atoms with Crippen LogP contribution in [0.4, 0.5) is 0 Å². The summed E-state index contributed by atoms with van der Waals surface area (Å²) in [5, 5.41) is 56.1. The Labute approximate surface area is 798 Å². The summed E-state index contributed by atoms with van der Waals surface area (Å²) in [5.74, 6) is -2.74. The van der Waals surface area contributed by atoms with Crippen molar-refractivity contribution >= 4 is 150 Å². The summed E-state index contributed by atoms with van der Waals surface area (Å²) < 4.78 is 6.71. The van der Waals surface area contributed by atoms with Crippen molar-refractivity contribution in [3.05, 3.63) is 214 Å². The Morgan fingerprint density at radius 1 is 0.500 bits per heavy atom. The number of amides is 3. The Kier molecular flexibility index (Phi) is 51.9. The second-order valence-electron chi connectivity index (χ2n) is 34.7. The van der Waals surface area contributed by atoms with E-state index in [0.717, 1.165) is 42.0 Å². The first kappa shape index (κ1) is 117. The van der Waals surface area contributed by atoms with Crippen molar-refractivity contribution in [2.75, 3.05) is 26.7 Å². The van der Waals surface area contributed by atoms with Crippen molar-refractivity contribution < 1.29 is 59.0 Å². The van der Waals surface area contributed by atoms with Gasteiger partial charge in [0, 0.05) is 87.8 Å². The fourth-order valence-corrected chi connectivity index (χ4v) is 15.7. The molecule has 3 aliphatic heterocycles. The molecule has 4 aromatic heterocycles. The summed E-state index contributed by atoms with van der Waals surface area (Å²) in [4.78, 5) is 89.1. The maximum atomic E-state index is 13.0. The number of thiophene rings is 1. The van der Waals surface area contributed by atoms with Crippen LogP contribution in [0, 0.1) is 55.8 Å². The monoisotopic (exact) mass is 2000 g/mol. The lowest BCUT2D eigenvalue weighted by molar-refractivity contribution is -0.151. The molecule has 5 aromatic carbocycles. The molecule has 0 aliphatic carbocycles. The highest BCUT2D eigenvalue weighted by Gasteiger charge is 2.44. The number of methoxy groups -OCH3 is 1. The lowest BCUT2D eigenvalue weighted by atomic mass is 9.81. The topological polar surface area (TPSA) is 386 Å². The molecule has 7 heterocycles. The zero-order valence-corrected chi connectivity index (χ0v) is 85.5. The number of thiazole rings is 3. The summed E-state index contributed by atoms with van der Waals surface area (Å²) in [6, 6.07) is 41.0. The second kappa shape index (κ2) is 55.9. The van der Waals surface area contributed by atoms with Crippen LogP contribution in [0.2, 0.25) is 0 Å². The van der Waals surface area contributed by atoms with E-state index in [-0.39, 0.29) is 140 Å². The number of carboxylic acids is 2. The number of aromatic nitrogens is 3. The molecule has 32 heteroatoms. The normalized spacial score (nSPS) is 17.8. The first-order valence-corrected chi connectivity index (χ1v) is 46.3. The molecule has 0 spiro atoms. The number of hydrogen-bond acceptors (Lipinski definition) is 22. The van der Waals surface area contributed by atoms with Gasteiger partial charge in [-0.15, -0.1) is 82.6 Å². The molecule has 3 fully saturated rings. The Morgan fingerprint density at radius 2 is 0.897 bits per heavy atom. The van der Waals surface area contributed by atoms with Gasteiger partial charge in [0.05, 0.1) is 81.1 Å². The third-order valence-corrected chi connectivity index (χ3v) is 25.9. The first-order chi connectivity index (χ1) is 57.4. The minimum Gasteiger partial charge on any atom is -0.481 e. The number of ether oxygens (including phenoxy) is 1. The van der Waals surface area contributed by atoms with Crippen LogP contribution in [0.3, 0.4) is 0 Å². The largest absolute Gasteiger partial charge is 0.481 e. The Hall–Kier alpha value is -6.98. The molecule has 12 rings (SSSR count). The molecule has 0 radical (unpaired) electrons. The number of nitrogens with two attached hydrogens (primary N) is 4. The van der Waals surface area contributed by atoms with E-state index in [1.807, 2.05) is 181 Å². The predicted octanol–water partition coefficient (Wildman–Crippen LogP) is 19.6. The van der Waals surface area contributed by atoms with Crippen molar-refractivity contribution in [2.45, 2.75) is 237 Å². The van der Waals surface area contributed by atoms with Gasteiger partial charge in [0.1, 0.15) is 18.1 Å². The average Bonchev–Trinajstić information content (AvgIpc) is 1.66. The van der Waals surface area contributed by atoms with Crippen molar-refractivity contribution in [1.82, 2.24) is 35.4 Å². The highest BCUT2D eigenvalue weighted by molar-refractivity contribution is 9.10. The SMILES string of the molecule is CC(C)c1ccc(Br)cc1.COC(=O)[C@@H]1C[C@@H](O)CN1.C[C@H](C(=O)N1C[C@H](O)C[C@H]1C(=O)O)C(C)(C)C.C[C@H](C(=O)O)C(C)(C)C.C[C@H](N)c1ccc(Br)cc1.Cc1ccsc1-c1ccc([C@H](C)N)cc1.Cc1cscn1.Cc1ncsc1-c1ccc([C@H](C)N)cc1.Cc1ncsc1-c1ccc([C@H](C)NC(=O)[C@@H]2C[C@@H](O)CN2C(=O)[C@@H](N)C(C)(C)C)cc1.Cl.Cl.Cl. The van der Waals surface area contributed by atoms with E-state index >= 15 is 0 Å². The summed E-state index contributed by atoms with van der Waals surface area (Å²) in [5.41, 5.74) is 42.2. The molecule has 126 heavy (non-hydrogen) atoms. The average molecular weight is 2010 g/mol. The zero-order valence-electron chi connectivity index (χ0n) is 76.6. The van der Waals surface area contributed by atoms with Gasteiger partial charge in [0.2, 0.25) is 17.7 Å². The molecule has 13 atom stereocenters. The van der Waals surface area contributed by atoms with Gasteiger partial charge in [-0.3, -0.25) is 29.0 Å². The third kappa shape index (κ3) is 39.0. The number of hydrogen-bond donors (Lipinski definition) is 11. The Morgan fingerprint density at radius 3 is 1.20 bits per heavy atom. The van der Waals surface area contributed by atoms with E-state index in [9.17, 15) is 39.0 Å². The number of nitrogens with zero attached hydrogens (tertiary/aromatic N) is 5. The Balaban J connectivity index is 0.000000736. The van der Waals surface area contributed by atoms with Gasteiger partial charge >= 0.3 is 17.9 Å². The maximum Gasteiger partial charge on any atom is 0.326 e. The molecule has 3 amide bonds. The number of carbonyl (C=O) groups excluding carboxylic acids is 4. The van der Waals surface area contributed by atoms with E-state index in [1.165, 1.54) is 65.6 Å². The van der Waals surface area contributed by atoms with Crippen LogP contribution in [-0.4, -0.2) is 155 Å². The van der Waals surface area contributed by atoms with Crippen molar-refractivity contribution in [2.24, 2.45) is 51.0 Å². The number of benzene rings is 5. The Bertz CT molecular complexity index is 4540. The van der Waals surface area contributed by atoms with E-state index in [1.54, 1.807) is 59.2 Å². The molecule has 0 unspecified atom stereocenters. The van der Waals surface area contributed by atoms with Gasteiger partial charge in [-0.2, -0.15) is 0 Å². The van der Waals surface area contributed by atoms with Gasteiger partial charge < -0.3 is 73.6 Å². The number of nitrogens with one attached hydrogen (secondary N) is 2. The van der Waals surface area contributed by atoms with Crippen molar-refractivity contribution in [3.8, 4) is 31.3 Å². The lowest BCUT2D eigenvalue weighted by Crippen LogP contribution is -2.55. The summed E-state index contributed by atoms with van der Waals surface area (Å²) >= 11 is 13.4. The number of esters is 1. The fraction of sp³-hybridized carbons (Fsp3) is 0.479. The number of halogens is 5. The number of carbonyl (C=O) groups is 6. The van der Waals surface area contributed by atoms with E-state index in [2.05, 4.69) is 167 Å². The van der Waals surface area contributed by atoms with Crippen molar-refractivity contribution in [1.29, 1.82) is 0 Å². The van der Waals surface area contributed by atoms with Crippen LogP contribution in [0.5, 0.6) is 0 Å². The van der Waals surface area contributed by atoms with Crippen LogP contribution in [0.15, 0.2) is 164 Å². The summed E-state index contributed by atoms with van der Waals surface area (Å²) in [7, 11) is 1.34. The molecule has 698 valence electrons. The van der Waals surface area contributed by atoms with E-state index in [4.69, 9.17) is 38.3 Å². The third-order valence-electron chi connectivity index (χ3n) is 21.1. The number of aliphatic carboxylic acids is 2. The van der Waals surface area contributed by atoms with Gasteiger partial charge in [0.15, 0.2) is 0 Å². The van der Waals surface area contributed by atoms with Gasteiger partial charge in [0.25, 0.3) is 0 Å². The molecular formula is C94H136Br2Cl3N11O12S4. The highest BCUT2D eigenvalue weighted by Crippen LogP contribution is 2.35. The van der Waals surface area contributed by atoms with E-state index < -0.39 is 53.8 Å². The van der Waals surface area contributed by atoms with Gasteiger partial charge in [-0.05, 0) is 163 Å². The quantitative estimate of drug-likeness (QED) is 0.0425. The van der Waals surface area contributed by atoms with Crippen LogP contribution < -0.4 is 33.6 Å². The molecule has 3 aliphatic rings. The number of aliphatic hydroxyl groups excluding tert-OH is 3. The van der Waals surface area contributed by atoms with Crippen LogP contribution >= 0.6 is 114 Å². The lowest BCUT2D eigenvalue weighted by Gasteiger charge is -2.32. The summed E-state index contributed by atoms with van der Waals surface area (Å²) in [6.07, 6.45) is -1.06. The molecule has 3 saturated heterocycles. The number of carboxylic acid groups (broad SMARTS) is 2. The van der Waals surface area contributed by atoms with Gasteiger partial charge in [-0.1, -0.05) is 219 Å². The molecule has 9 aromatic rings. The van der Waals surface area contributed by atoms with Gasteiger partial charge in [-0.25, -0.2) is 14.8 Å². The first-order valence-electron chi connectivity index (χ1n) is 41.1. The highest BCUT2D eigenvalue weighted by atomic mass is 79.9. The number of aryl methyl sites for hydroxylation is 4. The molecule has 23 nitrogen and oxygen atoms in total. The predicted molar refractivity (Wildman–Crippen MR) is 531 cm³/mol. The number of likely N-dealkylation sites (tertiary alicyclic amines) is 2. The molecular weight excluding hydrogens is 1870 g/mol. The van der Waals surface area contributed by atoms with Crippen LogP contribution in [0.1, 0.15) is 218 Å². The zero-order chi connectivity index (χ0) is 92.7. The van der Waals surface area contributed by atoms with E-state index in [0.29, 0.717) is 18.9 Å². The minimum atomic E-state index is -1.05. The number of aliphatic hydroxyl groups is 3. The molecule has 0 saturated carbocycles.